The summed E-state index contributed by atoms with van der Waals surface area (Å²) >= 11 is 0. The molecule has 2 saturated carbocycles. The van der Waals surface area contributed by atoms with Crippen LogP contribution in [0.25, 0.3) is 0 Å². The van der Waals surface area contributed by atoms with E-state index in [9.17, 15) is 34.5 Å². The van der Waals surface area contributed by atoms with Crippen molar-refractivity contribution in [1.29, 1.82) is 0 Å². The molecule has 1 heterocycles. The zero-order valence-electron chi connectivity index (χ0n) is 39.2. The number of carbonyl (C=O) groups excluding carboxylic acids is 6. The molecule has 3 N–H and O–H groups in total. The Kier molecular flexibility index (Phi) is 14.3. The monoisotopic (exact) mass is 975 g/mol. The molecule has 18 heteroatoms. The van der Waals surface area contributed by atoms with Gasteiger partial charge >= 0.3 is 24.0 Å². The van der Waals surface area contributed by atoms with Gasteiger partial charge in [0, 0.05) is 39.2 Å². The molecule has 7 rings (SSSR count). The van der Waals surface area contributed by atoms with E-state index in [1.165, 1.54) is 38.1 Å². The number of hydrogen-bond acceptors (Lipinski definition) is 15. The van der Waals surface area contributed by atoms with Gasteiger partial charge in [-0.05, 0) is 75.6 Å². The smallest absolute Gasteiger partial charge is 0.418 e. The highest BCUT2D eigenvalue weighted by Crippen LogP contribution is 2.64. The highest BCUT2D eigenvalue weighted by Gasteiger charge is 2.78. The summed E-state index contributed by atoms with van der Waals surface area (Å²) in [6.07, 6.45) is -11.6. The normalized spacial score (nSPS) is 30.6. The molecule has 2 bridgehead atoms. The quantitative estimate of drug-likeness (QED) is 0.0840. The van der Waals surface area contributed by atoms with Crippen molar-refractivity contribution < 1.29 is 72.3 Å². The van der Waals surface area contributed by atoms with Gasteiger partial charge in [-0.25, -0.2) is 19.3 Å². The van der Waals surface area contributed by atoms with Gasteiger partial charge in [0.25, 0.3) is 5.91 Å². The number of amides is 2. The molecular weight excluding hydrogens is 916 g/mol. The molecule has 3 aromatic rings. The summed E-state index contributed by atoms with van der Waals surface area (Å²) < 4.78 is 36.7. The number of carbonyl (C=O) groups is 6. The standard InChI is InChI=1S/C50H59NO15P2/c1-27-32(62-44(58)38(66-68-67)36(29-18-12-9-13-19-29)51(45(59)65-46(3,4)5)42(56)30-20-14-10-15-21-30)25-50(60)41(63-43(57)31-22-16-11-17-23-31)39-48(8,40(55)37(54)35(27)47(50,6)7)33(53)24-34-49(39,26-61-34)64-28(2)52/h9-23,32-34,36-39,41,53-54,60,68H,24-26,67H2,1-8H3/t32-,33-,34+,36-,37+,38+,39?,41-,48+,49+,50+/m0/s1. The molecule has 13 atom stereocenters. The van der Waals surface area contributed by atoms with Gasteiger partial charge in [-0.1, -0.05) is 89.5 Å². The van der Waals surface area contributed by atoms with Crippen LogP contribution in [0.1, 0.15) is 101 Å². The predicted molar refractivity (Wildman–Crippen MR) is 250 cm³/mol. The summed E-state index contributed by atoms with van der Waals surface area (Å²) in [5, 5.41) is 38.2. The van der Waals surface area contributed by atoms with Gasteiger partial charge in [-0.15, -0.1) is 0 Å². The molecule has 0 spiro atoms. The van der Waals surface area contributed by atoms with E-state index in [1.807, 2.05) is 0 Å². The van der Waals surface area contributed by atoms with E-state index in [0.717, 1.165) is 11.8 Å². The molecule has 4 aliphatic rings. The maximum atomic E-state index is 15.2. The summed E-state index contributed by atoms with van der Waals surface area (Å²) in [4.78, 5) is 87.6. The van der Waals surface area contributed by atoms with Gasteiger partial charge in [-0.3, -0.25) is 14.4 Å². The minimum atomic E-state index is -2.40. The second-order valence-corrected chi connectivity index (χ2v) is 20.8. The number of Topliss-reactive ketones (excluding diaryl/α,β-unsaturated/α-hetero) is 1. The number of aliphatic hydroxyl groups excluding tert-OH is 2. The van der Waals surface area contributed by atoms with E-state index < -0.39 is 127 Å². The first kappa shape index (κ1) is 50.9. The number of hydrogen-bond donors (Lipinski definition) is 3. The molecule has 16 nitrogen and oxygen atoms in total. The number of rotatable bonds is 11. The van der Waals surface area contributed by atoms with Gasteiger partial charge in [0.05, 0.1) is 29.6 Å². The Morgan fingerprint density at radius 3 is 1.99 bits per heavy atom. The van der Waals surface area contributed by atoms with Crippen molar-refractivity contribution >= 4 is 53.1 Å². The van der Waals surface area contributed by atoms with Crippen molar-refractivity contribution in [2.45, 2.75) is 128 Å². The van der Waals surface area contributed by atoms with Crippen LogP contribution in [0, 0.1) is 16.7 Å². The van der Waals surface area contributed by atoms with E-state index in [1.54, 1.807) is 101 Å². The average molecular weight is 976 g/mol. The fourth-order valence-corrected chi connectivity index (χ4v) is 11.6. The molecule has 2 amide bonds. The van der Waals surface area contributed by atoms with Gasteiger partial charge in [0.15, 0.2) is 17.5 Å². The fraction of sp³-hybridized carbons (Fsp3) is 0.480. The maximum absolute atomic E-state index is 15.2. The molecule has 0 aromatic heterocycles. The second kappa shape index (κ2) is 19.1. The van der Waals surface area contributed by atoms with Crippen LogP contribution in [0.2, 0.25) is 0 Å². The lowest BCUT2D eigenvalue weighted by atomic mass is 9.44. The zero-order valence-corrected chi connectivity index (χ0v) is 41.3. The molecule has 3 aliphatic carbocycles. The van der Waals surface area contributed by atoms with Crippen LogP contribution in [-0.2, 0) is 42.6 Å². The highest BCUT2D eigenvalue weighted by atomic mass is 32.0. The third kappa shape index (κ3) is 8.82. The Morgan fingerprint density at radius 1 is 0.882 bits per heavy atom. The number of fused-ring (bicyclic) bond motifs is 5. The molecule has 3 unspecified atom stereocenters. The lowest BCUT2D eigenvalue weighted by Crippen LogP contribution is -2.81. The Labute approximate surface area is 399 Å². The number of imide groups is 1. The summed E-state index contributed by atoms with van der Waals surface area (Å²) in [5.74, 6) is -6.13. The van der Waals surface area contributed by atoms with Crippen LogP contribution in [-0.4, -0.2) is 116 Å². The van der Waals surface area contributed by atoms with Gasteiger partial charge < -0.3 is 43.5 Å². The molecule has 1 aliphatic heterocycles. The number of benzene rings is 3. The lowest BCUT2D eigenvalue weighted by molar-refractivity contribution is -0.346. The van der Waals surface area contributed by atoms with Crippen molar-refractivity contribution in [3.8, 4) is 0 Å². The van der Waals surface area contributed by atoms with Crippen LogP contribution in [0.3, 0.4) is 0 Å². The van der Waals surface area contributed by atoms with Crippen molar-refractivity contribution in [1.82, 2.24) is 4.90 Å². The van der Waals surface area contributed by atoms with Crippen LogP contribution >= 0.6 is 17.4 Å². The van der Waals surface area contributed by atoms with Crippen molar-refractivity contribution in [3.63, 3.8) is 0 Å². The summed E-state index contributed by atoms with van der Waals surface area (Å²) in [6.45, 7) is 11.7. The number of aliphatic hydroxyl groups is 3. The van der Waals surface area contributed by atoms with Crippen LogP contribution < -0.4 is 0 Å². The van der Waals surface area contributed by atoms with Gasteiger partial charge in [-0.2, -0.15) is 0 Å². The third-order valence-corrected chi connectivity index (χ3v) is 14.9. The molecule has 68 heavy (non-hydrogen) atoms. The molecular formula is C50H59NO15P2. The minimum Gasteiger partial charge on any atom is -0.456 e. The number of nitrogens with zero attached hydrogens (tertiary/aromatic N) is 1. The number of ketones is 1. The van der Waals surface area contributed by atoms with Crippen LogP contribution in [0.5, 0.6) is 0 Å². The zero-order chi connectivity index (χ0) is 49.7. The number of esters is 3. The first-order chi connectivity index (χ1) is 31.9. The Hall–Kier alpha value is -4.92. The largest absolute Gasteiger partial charge is 0.456 e. The average Bonchev–Trinajstić information content (AvgIpc) is 3.28. The van der Waals surface area contributed by atoms with Crippen molar-refractivity contribution in [3.05, 3.63) is 119 Å². The first-order valence-corrected chi connectivity index (χ1v) is 25.1. The van der Waals surface area contributed by atoms with E-state index >= 15 is 9.59 Å². The third-order valence-electron chi connectivity index (χ3n) is 14.1. The topological polar surface area (TPSA) is 222 Å². The number of ether oxygens (including phenoxy) is 5. The first-order valence-electron chi connectivity index (χ1n) is 22.3. The summed E-state index contributed by atoms with van der Waals surface area (Å²) in [6, 6.07) is 22.5. The van der Waals surface area contributed by atoms with Crippen molar-refractivity contribution in [2.24, 2.45) is 16.7 Å². The van der Waals surface area contributed by atoms with Crippen LogP contribution in [0.15, 0.2) is 102 Å². The van der Waals surface area contributed by atoms with Crippen LogP contribution in [0.4, 0.5) is 4.79 Å². The van der Waals surface area contributed by atoms with Gasteiger partial charge in [0.2, 0.25) is 0 Å². The van der Waals surface area contributed by atoms with E-state index in [4.69, 9.17) is 28.2 Å². The van der Waals surface area contributed by atoms with Crippen molar-refractivity contribution in [2.75, 3.05) is 6.61 Å². The Balaban J connectivity index is 1.40. The molecule has 3 fully saturated rings. The Morgan fingerprint density at radius 2 is 1.46 bits per heavy atom. The summed E-state index contributed by atoms with van der Waals surface area (Å²) in [5.41, 5.74) is -8.47. The molecule has 364 valence electrons. The van der Waals surface area contributed by atoms with E-state index in [0.29, 0.717) is 0 Å². The second-order valence-electron chi connectivity index (χ2n) is 19.6. The van der Waals surface area contributed by atoms with E-state index in [-0.39, 0.29) is 40.9 Å². The molecule has 1 saturated heterocycles. The maximum Gasteiger partial charge on any atom is 0.418 e. The molecule has 3 aromatic carbocycles. The molecule has 0 radical (unpaired) electrons. The lowest BCUT2D eigenvalue weighted by Gasteiger charge is -2.67. The van der Waals surface area contributed by atoms with Gasteiger partial charge in [0.1, 0.15) is 41.7 Å². The fourth-order valence-electron chi connectivity index (χ4n) is 10.8. The SMILES string of the molecule is CC(=O)O[C@]12CO[C@@H]1C[C@H](O)[C@@]1(C)C(=O)[C@H](O)C3=C(C)[C@@H](OC(=O)[C@H](OPP)[C@H](c4ccccc4)N(C(=O)OC(C)(C)C)C(=O)c4ccccc4)C[C@@](O)([C@@H](OC(=O)c4ccccc4)C21)C3(C)C. The Bertz CT molecular complexity index is 2460. The predicted octanol–water partition coefficient (Wildman–Crippen LogP) is 6.22. The van der Waals surface area contributed by atoms with E-state index in [2.05, 4.69) is 8.93 Å². The summed E-state index contributed by atoms with van der Waals surface area (Å²) in [7, 11) is 1.87. The highest BCUT2D eigenvalue weighted by molar-refractivity contribution is 8.00. The minimum absolute atomic E-state index is 0.0684.